The molecule has 1 fully saturated rings. The topological polar surface area (TPSA) is 15.3 Å². The Labute approximate surface area is 103 Å². The van der Waals surface area contributed by atoms with Crippen molar-refractivity contribution < 1.29 is 0 Å². The molecule has 90 valence electrons. The highest BCUT2D eigenvalue weighted by Gasteiger charge is 2.30. The van der Waals surface area contributed by atoms with E-state index >= 15 is 0 Å². The van der Waals surface area contributed by atoms with Gasteiger partial charge >= 0.3 is 0 Å². The third kappa shape index (κ3) is 2.65. The lowest BCUT2D eigenvalue weighted by molar-refractivity contribution is 0.108. The average Bonchev–Trinajstić information content (AvgIpc) is 2.71. The molecule has 0 bridgehead atoms. The van der Waals surface area contributed by atoms with Crippen molar-refractivity contribution in [2.75, 3.05) is 19.6 Å². The van der Waals surface area contributed by atoms with Crippen LogP contribution < -0.4 is 5.32 Å². The summed E-state index contributed by atoms with van der Waals surface area (Å²) >= 11 is 1.89. The van der Waals surface area contributed by atoms with Crippen molar-refractivity contribution in [3.8, 4) is 0 Å². The van der Waals surface area contributed by atoms with E-state index in [1.54, 1.807) is 0 Å². The average molecular weight is 238 g/mol. The van der Waals surface area contributed by atoms with Crippen LogP contribution in [0.2, 0.25) is 0 Å². The van der Waals surface area contributed by atoms with Crippen LogP contribution in [0, 0.1) is 0 Å². The van der Waals surface area contributed by atoms with E-state index in [1.807, 2.05) is 11.3 Å². The molecule has 0 radical (unpaired) electrons. The molecule has 0 saturated carbocycles. The monoisotopic (exact) mass is 238 g/mol. The molecule has 3 heteroatoms. The lowest BCUT2D eigenvalue weighted by Gasteiger charge is -2.42. The molecule has 0 spiro atoms. The maximum atomic E-state index is 3.57. The smallest absolute Gasteiger partial charge is 0.0440 e. The van der Waals surface area contributed by atoms with Gasteiger partial charge in [-0.2, -0.15) is 0 Å². The second-order valence-corrected chi connectivity index (χ2v) is 6.20. The summed E-state index contributed by atoms with van der Waals surface area (Å²) in [6, 6.07) is 5.05. The van der Waals surface area contributed by atoms with E-state index < -0.39 is 0 Å². The summed E-state index contributed by atoms with van der Waals surface area (Å²) in [5.41, 5.74) is 0.253. The van der Waals surface area contributed by atoms with E-state index in [0.717, 1.165) is 13.1 Å². The van der Waals surface area contributed by atoms with Gasteiger partial charge in [0, 0.05) is 36.1 Å². The first-order chi connectivity index (χ1) is 7.62. The fourth-order valence-electron chi connectivity index (χ4n) is 2.57. The van der Waals surface area contributed by atoms with Crippen LogP contribution in [0.3, 0.4) is 0 Å². The van der Waals surface area contributed by atoms with Crippen LogP contribution in [-0.2, 0) is 0 Å². The molecular formula is C13H22N2S. The maximum Gasteiger partial charge on any atom is 0.0440 e. The van der Waals surface area contributed by atoms with Crippen LogP contribution in [-0.4, -0.2) is 30.1 Å². The molecule has 1 aliphatic rings. The Morgan fingerprint density at radius 2 is 2.38 bits per heavy atom. The molecule has 1 N–H and O–H groups in total. The highest BCUT2D eigenvalue weighted by Crippen LogP contribution is 2.30. The normalized spacial score (nSPS) is 23.2. The van der Waals surface area contributed by atoms with Gasteiger partial charge in [0.2, 0.25) is 0 Å². The Morgan fingerprint density at radius 1 is 1.56 bits per heavy atom. The lowest BCUT2D eigenvalue weighted by Crippen LogP contribution is -2.57. The first-order valence-corrected chi connectivity index (χ1v) is 7.03. The van der Waals surface area contributed by atoms with Crippen LogP contribution >= 0.6 is 11.3 Å². The van der Waals surface area contributed by atoms with Gasteiger partial charge in [0.25, 0.3) is 0 Å². The zero-order valence-electron chi connectivity index (χ0n) is 10.5. The lowest BCUT2D eigenvalue weighted by atomic mass is 9.99. The summed E-state index contributed by atoms with van der Waals surface area (Å²) < 4.78 is 0. The predicted octanol–water partition coefficient (Wildman–Crippen LogP) is 2.88. The Balaban J connectivity index is 2.10. The number of piperazine rings is 1. The third-order valence-corrected chi connectivity index (χ3v) is 4.27. The molecule has 1 aromatic rings. The Bertz CT molecular complexity index is 319. The Morgan fingerprint density at radius 3 is 2.94 bits per heavy atom. The van der Waals surface area contributed by atoms with E-state index in [4.69, 9.17) is 0 Å². The summed E-state index contributed by atoms with van der Waals surface area (Å²) in [5.74, 6) is 0. The number of hydrogen-bond acceptors (Lipinski definition) is 3. The van der Waals surface area contributed by atoms with Gasteiger partial charge in [0.1, 0.15) is 0 Å². The van der Waals surface area contributed by atoms with Crippen LogP contribution in [0.4, 0.5) is 0 Å². The molecule has 16 heavy (non-hydrogen) atoms. The Kier molecular flexibility index (Phi) is 3.67. The molecule has 0 amide bonds. The van der Waals surface area contributed by atoms with Crippen LogP contribution in [0.1, 0.15) is 38.1 Å². The minimum Gasteiger partial charge on any atom is -0.309 e. The molecule has 2 rings (SSSR count). The molecule has 1 saturated heterocycles. The molecule has 1 aliphatic heterocycles. The van der Waals surface area contributed by atoms with Crippen molar-refractivity contribution in [3.05, 3.63) is 22.4 Å². The minimum atomic E-state index is 0.253. The summed E-state index contributed by atoms with van der Waals surface area (Å²) in [6.45, 7) is 10.3. The second kappa shape index (κ2) is 4.86. The number of thiophene rings is 1. The highest BCUT2D eigenvalue weighted by molar-refractivity contribution is 7.10. The van der Waals surface area contributed by atoms with Crippen molar-refractivity contribution in [3.63, 3.8) is 0 Å². The molecular weight excluding hydrogens is 216 g/mol. The van der Waals surface area contributed by atoms with Crippen LogP contribution in [0.15, 0.2) is 17.5 Å². The number of nitrogens with one attached hydrogen (secondary N) is 1. The first kappa shape index (κ1) is 12.1. The molecule has 0 aromatic carbocycles. The van der Waals surface area contributed by atoms with Gasteiger partial charge in [-0.05, 0) is 31.7 Å². The number of nitrogens with zero attached hydrogens (tertiary/aromatic N) is 1. The molecule has 1 aromatic heterocycles. The predicted molar refractivity (Wildman–Crippen MR) is 71.0 cm³/mol. The van der Waals surface area contributed by atoms with Crippen molar-refractivity contribution >= 4 is 11.3 Å². The number of rotatable bonds is 3. The molecule has 1 atom stereocenters. The van der Waals surface area contributed by atoms with E-state index in [9.17, 15) is 0 Å². The second-order valence-electron chi connectivity index (χ2n) is 5.22. The standard InChI is InChI=1S/C13H22N2S/c1-4-11(12-6-5-9-16-12)15-8-7-14-13(2,3)10-15/h5-6,9,11,14H,4,7-8,10H2,1-3H3. The molecule has 2 nitrogen and oxygen atoms in total. The Hall–Kier alpha value is -0.380. The van der Waals surface area contributed by atoms with Crippen molar-refractivity contribution in [1.82, 2.24) is 10.2 Å². The van der Waals surface area contributed by atoms with Crippen molar-refractivity contribution in [2.45, 2.75) is 38.8 Å². The van der Waals surface area contributed by atoms with E-state index in [-0.39, 0.29) is 5.54 Å². The summed E-state index contributed by atoms with van der Waals surface area (Å²) in [7, 11) is 0. The zero-order valence-corrected chi connectivity index (χ0v) is 11.3. The van der Waals surface area contributed by atoms with Gasteiger partial charge in [-0.15, -0.1) is 11.3 Å². The van der Waals surface area contributed by atoms with Gasteiger partial charge in [-0.25, -0.2) is 0 Å². The highest BCUT2D eigenvalue weighted by atomic mass is 32.1. The summed E-state index contributed by atoms with van der Waals surface area (Å²) in [5, 5.41) is 5.76. The van der Waals surface area contributed by atoms with Gasteiger partial charge in [0.05, 0.1) is 0 Å². The van der Waals surface area contributed by atoms with E-state index in [0.29, 0.717) is 6.04 Å². The van der Waals surface area contributed by atoms with Crippen LogP contribution in [0.25, 0.3) is 0 Å². The van der Waals surface area contributed by atoms with Crippen LogP contribution in [0.5, 0.6) is 0 Å². The molecule has 1 unspecified atom stereocenters. The summed E-state index contributed by atoms with van der Waals surface area (Å²) in [6.07, 6.45) is 1.20. The zero-order chi connectivity index (χ0) is 11.6. The van der Waals surface area contributed by atoms with Gasteiger partial charge in [-0.1, -0.05) is 13.0 Å². The van der Waals surface area contributed by atoms with Gasteiger partial charge < -0.3 is 5.32 Å². The van der Waals surface area contributed by atoms with E-state index in [2.05, 4.69) is 48.5 Å². The summed E-state index contributed by atoms with van der Waals surface area (Å²) in [4.78, 5) is 4.14. The van der Waals surface area contributed by atoms with Gasteiger partial charge in [-0.3, -0.25) is 4.90 Å². The minimum absolute atomic E-state index is 0.253. The fraction of sp³-hybridized carbons (Fsp3) is 0.692. The largest absolute Gasteiger partial charge is 0.309 e. The van der Waals surface area contributed by atoms with Crippen molar-refractivity contribution in [2.24, 2.45) is 0 Å². The number of hydrogen-bond donors (Lipinski definition) is 1. The van der Waals surface area contributed by atoms with Gasteiger partial charge in [0.15, 0.2) is 0 Å². The molecule has 0 aliphatic carbocycles. The maximum absolute atomic E-state index is 3.57. The quantitative estimate of drug-likeness (QED) is 0.871. The van der Waals surface area contributed by atoms with E-state index in [1.165, 1.54) is 17.8 Å². The van der Waals surface area contributed by atoms with Crippen molar-refractivity contribution in [1.29, 1.82) is 0 Å². The fourth-order valence-corrected chi connectivity index (χ4v) is 3.51. The third-order valence-electron chi connectivity index (χ3n) is 3.30. The first-order valence-electron chi connectivity index (χ1n) is 6.15. The molecule has 2 heterocycles. The SMILES string of the molecule is CCC(c1cccs1)N1CCNC(C)(C)C1.